The van der Waals surface area contributed by atoms with Crippen molar-refractivity contribution in [3.05, 3.63) is 83.2 Å². The third-order valence-corrected chi connectivity index (χ3v) is 6.17. The molecule has 4 aromatic rings. The minimum absolute atomic E-state index is 0.128. The third-order valence-electron chi connectivity index (χ3n) is 6.17. The molecular formula is C25H27N7O3. The fraction of sp³-hybridized carbons (Fsp3) is 0.320. The Labute approximate surface area is 202 Å². The third kappa shape index (κ3) is 4.52. The minimum atomic E-state index is -0.245. The summed E-state index contributed by atoms with van der Waals surface area (Å²) in [5, 5.41) is 14.1. The largest absolute Gasteiger partial charge is 0.395 e. The number of hydrogen-bond acceptors (Lipinski definition) is 6. The van der Waals surface area contributed by atoms with Gasteiger partial charge in [0.2, 0.25) is 5.78 Å². The van der Waals surface area contributed by atoms with E-state index in [1.807, 2.05) is 41.9 Å². The number of rotatable bonds is 6. The molecule has 1 aliphatic rings. The van der Waals surface area contributed by atoms with Crippen LogP contribution in [0, 0.1) is 6.92 Å². The molecule has 10 nitrogen and oxygen atoms in total. The van der Waals surface area contributed by atoms with E-state index >= 15 is 0 Å². The van der Waals surface area contributed by atoms with E-state index in [-0.39, 0.29) is 25.0 Å². The van der Waals surface area contributed by atoms with Crippen molar-refractivity contribution < 1.29 is 14.7 Å². The van der Waals surface area contributed by atoms with Gasteiger partial charge < -0.3 is 14.9 Å². The maximum atomic E-state index is 13.5. The van der Waals surface area contributed by atoms with Crippen LogP contribution >= 0.6 is 0 Å². The van der Waals surface area contributed by atoms with Gasteiger partial charge in [-0.05, 0) is 31.0 Å². The Morgan fingerprint density at radius 1 is 1.14 bits per heavy atom. The van der Waals surface area contributed by atoms with Gasteiger partial charge in [0.1, 0.15) is 5.69 Å². The predicted molar refractivity (Wildman–Crippen MR) is 128 cm³/mol. The van der Waals surface area contributed by atoms with Crippen molar-refractivity contribution in [1.82, 2.24) is 33.9 Å². The average molecular weight is 474 g/mol. The van der Waals surface area contributed by atoms with E-state index in [1.165, 1.54) is 0 Å². The van der Waals surface area contributed by atoms with Gasteiger partial charge in [-0.2, -0.15) is 5.10 Å². The molecule has 0 saturated carbocycles. The fourth-order valence-electron chi connectivity index (χ4n) is 4.48. The molecule has 0 fully saturated rings. The highest BCUT2D eigenvalue weighted by Gasteiger charge is 2.28. The zero-order valence-electron chi connectivity index (χ0n) is 19.5. The van der Waals surface area contributed by atoms with Crippen molar-refractivity contribution in [1.29, 1.82) is 0 Å². The van der Waals surface area contributed by atoms with Gasteiger partial charge in [-0.3, -0.25) is 18.7 Å². The molecule has 0 unspecified atom stereocenters. The summed E-state index contributed by atoms with van der Waals surface area (Å²) in [7, 11) is 0. The van der Waals surface area contributed by atoms with Crippen LogP contribution in [0.25, 0.3) is 5.78 Å². The summed E-state index contributed by atoms with van der Waals surface area (Å²) in [4.78, 5) is 38.8. The maximum absolute atomic E-state index is 13.5. The van der Waals surface area contributed by atoms with E-state index in [0.29, 0.717) is 55.5 Å². The molecule has 180 valence electrons. The highest BCUT2D eigenvalue weighted by Crippen LogP contribution is 2.20. The fourth-order valence-corrected chi connectivity index (χ4v) is 4.48. The maximum Gasteiger partial charge on any atom is 0.274 e. The molecule has 3 aromatic heterocycles. The topological polar surface area (TPSA) is 109 Å². The molecule has 5 rings (SSSR count). The SMILES string of the molecule is Cc1nc2ncccn2c1C(=O)N1CCCn2nc(C(=O)N(CCO)Cc3ccccc3)cc2C1. The highest BCUT2D eigenvalue weighted by molar-refractivity contribution is 5.95. The van der Waals surface area contributed by atoms with Crippen molar-refractivity contribution in [3.8, 4) is 0 Å². The Hall–Kier alpha value is -4.05. The number of nitrogens with zero attached hydrogens (tertiary/aromatic N) is 7. The number of imidazole rings is 1. The number of aliphatic hydroxyl groups excluding tert-OH is 1. The summed E-state index contributed by atoms with van der Waals surface area (Å²) in [6.07, 6.45) is 4.15. The predicted octanol–water partition coefficient (Wildman–Crippen LogP) is 1.92. The second-order valence-corrected chi connectivity index (χ2v) is 8.60. The lowest BCUT2D eigenvalue weighted by molar-refractivity contribution is 0.0700. The number of aliphatic hydroxyl groups is 1. The zero-order valence-corrected chi connectivity index (χ0v) is 19.5. The van der Waals surface area contributed by atoms with Crippen LogP contribution in [0.15, 0.2) is 54.9 Å². The molecule has 1 aliphatic heterocycles. The molecule has 0 radical (unpaired) electrons. The lowest BCUT2D eigenvalue weighted by atomic mass is 10.2. The summed E-state index contributed by atoms with van der Waals surface area (Å²) >= 11 is 0. The highest BCUT2D eigenvalue weighted by atomic mass is 16.3. The monoisotopic (exact) mass is 473 g/mol. The van der Waals surface area contributed by atoms with Gasteiger partial charge in [-0.1, -0.05) is 30.3 Å². The number of amides is 2. The number of carbonyl (C=O) groups is 2. The van der Waals surface area contributed by atoms with Gasteiger partial charge in [0.25, 0.3) is 11.8 Å². The first kappa shape index (κ1) is 22.7. The Kier molecular flexibility index (Phi) is 6.28. The first-order valence-electron chi connectivity index (χ1n) is 11.6. The molecule has 0 atom stereocenters. The van der Waals surface area contributed by atoms with E-state index in [2.05, 4.69) is 15.1 Å². The first-order chi connectivity index (χ1) is 17.0. The van der Waals surface area contributed by atoms with Crippen LogP contribution < -0.4 is 0 Å². The van der Waals surface area contributed by atoms with E-state index in [1.54, 1.807) is 38.7 Å². The van der Waals surface area contributed by atoms with Gasteiger partial charge in [0.15, 0.2) is 5.69 Å². The Bertz CT molecular complexity index is 1360. The van der Waals surface area contributed by atoms with Crippen LogP contribution in [-0.4, -0.2) is 70.6 Å². The molecule has 2 amide bonds. The lowest BCUT2D eigenvalue weighted by Crippen LogP contribution is -2.33. The van der Waals surface area contributed by atoms with Crippen molar-refractivity contribution in [2.45, 2.75) is 33.0 Å². The smallest absolute Gasteiger partial charge is 0.274 e. The Morgan fingerprint density at radius 2 is 1.97 bits per heavy atom. The van der Waals surface area contributed by atoms with E-state index in [4.69, 9.17) is 0 Å². The van der Waals surface area contributed by atoms with Crippen molar-refractivity contribution in [2.24, 2.45) is 0 Å². The molecule has 0 aliphatic carbocycles. The summed E-state index contributed by atoms with van der Waals surface area (Å²) < 4.78 is 3.52. The van der Waals surface area contributed by atoms with Crippen molar-refractivity contribution >= 4 is 17.6 Å². The van der Waals surface area contributed by atoms with Crippen molar-refractivity contribution in [3.63, 3.8) is 0 Å². The van der Waals surface area contributed by atoms with Gasteiger partial charge >= 0.3 is 0 Å². The van der Waals surface area contributed by atoms with Crippen LogP contribution in [0.1, 0.15) is 44.3 Å². The molecule has 0 bridgehead atoms. The summed E-state index contributed by atoms with van der Waals surface area (Å²) in [6, 6.07) is 13.2. The molecule has 1 aromatic carbocycles. The average Bonchev–Trinajstić information content (AvgIpc) is 3.36. The van der Waals surface area contributed by atoms with Crippen LogP contribution in [0.4, 0.5) is 0 Å². The van der Waals surface area contributed by atoms with Crippen LogP contribution in [0.3, 0.4) is 0 Å². The number of hydrogen-bond donors (Lipinski definition) is 1. The molecule has 0 spiro atoms. The molecule has 4 heterocycles. The summed E-state index contributed by atoms with van der Waals surface area (Å²) in [5.74, 6) is 0.116. The van der Waals surface area contributed by atoms with Crippen LogP contribution in [0.2, 0.25) is 0 Å². The number of fused-ring (bicyclic) bond motifs is 2. The summed E-state index contributed by atoms with van der Waals surface area (Å²) in [5.41, 5.74) is 3.21. The van der Waals surface area contributed by atoms with E-state index in [0.717, 1.165) is 11.3 Å². The Balaban J connectivity index is 1.38. The molecule has 35 heavy (non-hydrogen) atoms. The number of aryl methyl sites for hydroxylation is 2. The van der Waals surface area contributed by atoms with Gasteiger partial charge in [-0.15, -0.1) is 0 Å². The zero-order chi connectivity index (χ0) is 24.4. The lowest BCUT2D eigenvalue weighted by Gasteiger charge is -2.21. The molecule has 1 N–H and O–H groups in total. The quantitative estimate of drug-likeness (QED) is 0.458. The summed E-state index contributed by atoms with van der Waals surface area (Å²) in [6.45, 7) is 3.79. The van der Waals surface area contributed by atoms with Gasteiger partial charge in [0.05, 0.1) is 24.5 Å². The van der Waals surface area contributed by atoms with E-state index < -0.39 is 0 Å². The normalized spacial score (nSPS) is 13.5. The number of aromatic nitrogens is 5. The first-order valence-corrected chi connectivity index (χ1v) is 11.6. The second-order valence-electron chi connectivity index (χ2n) is 8.60. The number of carbonyl (C=O) groups excluding carboxylic acids is 2. The van der Waals surface area contributed by atoms with Gasteiger partial charge in [-0.25, -0.2) is 9.97 Å². The van der Waals surface area contributed by atoms with Crippen molar-refractivity contribution in [2.75, 3.05) is 19.7 Å². The molecule has 10 heteroatoms. The van der Waals surface area contributed by atoms with Gasteiger partial charge in [0, 0.05) is 38.6 Å². The minimum Gasteiger partial charge on any atom is -0.395 e. The van der Waals surface area contributed by atoms with Crippen LogP contribution in [0.5, 0.6) is 0 Å². The second kappa shape index (κ2) is 9.67. The van der Waals surface area contributed by atoms with E-state index in [9.17, 15) is 14.7 Å². The standard InChI is InChI=1S/C25H27N7O3/c1-18-22(31-11-5-9-26-25(31)27-18)24(35)29-10-6-12-32-20(17-29)15-21(28-32)23(34)30(13-14-33)16-19-7-3-2-4-8-19/h2-5,7-9,11,15,33H,6,10,12-14,16-17H2,1H3. The molecular weight excluding hydrogens is 446 g/mol. The molecule has 0 saturated heterocycles. The number of benzene rings is 1. The Morgan fingerprint density at radius 3 is 2.77 bits per heavy atom. The van der Waals surface area contributed by atoms with Crippen LogP contribution in [-0.2, 0) is 19.6 Å².